The van der Waals surface area contributed by atoms with Gasteiger partial charge in [0.05, 0.1) is 12.8 Å². The highest BCUT2D eigenvalue weighted by atomic mass is 16.3. The minimum atomic E-state index is -0.271. The Morgan fingerprint density at radius 3 is 2.50 bits per heavy atom. The lowest BCUT2D eigenvalue weighted by atomic mass is 10.1. The van der Waals surface area contributed by atoms with Crippen molar-refractivity contribution in [3.8, 4) is 0 Å². The molecular formula is C18H18N2O2. The summed E-state index contributed by atoms with van der Waals surface area (Å²) in [7, 11) is 0. The van der Waals surface area contributed by atoms with E-state index in [1.807, 2.05) is 71.6 Å². The minimum Gasteiger partial charge on any atom is -0.467 e. The maximum atomic E-state index is 12.6. The van der Waals surface area contributed by atoms with E-state index in [-0.39, 0.29) is 11.9 Å². The van der Waals surface area contributed by atoms with Crippen LogP contribution in [0.15, 0.2) is 77.7 Å². The first-order valence-corrected chi connectivity index (χ1v) is 7.29. The van der Waals surface area contributed by atoms with Crippen LogP contribution in [-0.2, 0) is 17.8 Å². The van der Waals surface area contributed by atoms with E-state index in [4.69, 9.17) is 4.42 Å². The van der Waals surface area contributed by atoms with E-state index in [1.165, 1.54) is 0 Å². The summed E-state index contributed by atoms with van der Waals surface area (Å²) in [5.41, 5.74) is 1.13. The van der Waals surface area contributed by atoms with Crippen LogP contribution in [0, 0.1) is 0 Å². The lowest BCUT2D eigenvalue weighted by Crippen LogP contribution is -2.33. The van der Waals surface area contributed by atoms with Crippen molar-refractivity contribution in [2.75, 3.05) is 0 Å². The van der Waals surface area contributed by atoms with Crippen molar-refractivity contribution in [3.05, 3.63) is 84.6 Å². The van der Waals surface area contributed by atoms with Gasteiger partial charge in [0.1, 0.15) is 11.8 Å². The lowest BCUT2D eigenvalue weighted by Gasteiger charge is -2.18. The molecule has 4 heteroatoms. The molecule has 2 aromatic heterocycles. The molecule has 2 heterocycles. The molecule has 1 aromatic carbocycles. The van der Waals surface area contributed by atoms with Gasteiger partial charge < -0.3 is 14.3 Å². The first-order valence-electron chi connectivity index (χ1n) is 7.29. The summed E-state index contributed by atoms with van der Waals surface area (Å²) < 4.78 is 7.19. The van der Waals surface area contributed by atoms with E-state index in [9.17, 15) is 4.79 Å². The van der Waals surface area contributed by atoms with Gasteiger partial charge in [-0.1, -0.05) is 30.3 Å². The van der Waals surface area contributed by atoms with Crippen molar-refractivity contribution in [1.29, 1.82) is 0 Å². The van der Waals surface area contributed by atoms with Crippen molar-refractivity contribution in [3.63, 3.8) is 0 Å². The molecule has 0 radical (unpaired) electrons. The molecule has 1 atom stereocenters. The summed E-state index contributed by atoms with van der Waals surface area (Å²) in [5, 5.41) is 2.94. The zero-order valence-corrected chi connectivity index (χ0v) is 12.2. The van der Waals surface area contributed by atoms with Crippen LogP contribution in [0.4, 0.5) is 0 Å². The minimum absolute atomic E-state index is 0.0172. The topological polar surface area (TPSA) is 47.2 Å². The molecule has 0 saturated carbocycles. The van der Waals surface area contributed by atoms with Gasteiger partial charge in [-0.05, 0) is 29.8 Å². The van der Waals surface area contributed by atoms with Gasteiger partial charge in [0, 0.05) is 18.8 Å². The molecule has 0 saturated heterocycles. The molecule has 0 spiro atoms. The van der Waals surface area contributed by atoms with Crippen molar-refractivity contribution < 1.29 is 9.21 Å². The average molecular weight is 294 g/mol. The second kappa shape index (κ2) is 6.80. The van der Waals surface area contributed by atoms with Crippen LogP contribution in [0.2, 0.25) is 0 Å². The highest BCUT2D eigenvalue weighted by Crippen LogP contribution is 2.15. The van der Waals surface area contributed by atoms with Gasteiger partial charge in [0.2, 0.25) is 5.91 Å². The highest BCUT2D eigenvalue weighted by Gasteiger charge is 2.20. The summed E-state index contributed by atoms with van der Waals surface area (Å²) in [5.74, 6) is 0.732. The third-order valence-electron chi connectivity index (χ3n) is 3.58. The molecule has 0 unspecified atom stereocenters. The Hall–Kier alpha value is -2.75. The Labute approximate surface area is 129 Å². The van der Waals surface area contributed by atoms with Gasteiger partial charge in [-0.2, -0.15) is 0 Å². The van der Waals surface area contributed by atoms with E-state index in [1.54, 1.807) is 6.26 Å². The number of furan rings is 1. The molecule has 1 amide bonds. The maximum Gasteiger partial charge on any atom is 0.243 e. The van der Waals surface area contributed by atoms with Gasteiger partial charge in [-0.15, -0.1) is 0 Å². The summed E-state index contributed by atoms with van der Waals surface area (Å²) in [6.45, 7) is 0.401. The van der Waals surface area contributed by atoms with Crippen LogP contribution >= 0.6 is 0 Å². The average Bonchev–Trinajstić information content (AvgIpc) is 3.24. The lowest BCUT2D eigenvalue weighted by molar-refractivity contribution is -0.124. The second-order valence-corrected chi connectivity index (χ2v) is 5.13. The number of hydrogen-bond acceptors (Lipinski definition) is 2. The van der Waals surface area contributed by atoms with Crippen LogP contribution in [0.1, 0.15) is 17.4 Å². The molecule has 0 fully saturated rings. The summed E-state index contributed by atoms with van der Waals surface area (Å²) in [4.78, 5) is 12.6. The molecule has 3 aromatic rings. The highest BCUT2D eigenvalue weighted by molar-refractivity contribution is 5.80. The molecule has 3 rings (SSSR count). The summed E-state index contributed by atoms with van der Waals surface area (Å²) in [6, 6.07) is 17.3. The fraction of sp³-hybridized carbons (Fsp3) is 0.167. The van der Waals surface area contributed by atoms with Crippen molar-refractivity contribution in [2.45, 2.75) is 19.0 Å². The van der Waals surface area contributed by atoms with E-state index < -0.39 is 0 Å². The molecule has 0 aliphatic carbocycles. The molecule has 4 nitrogen and oxygen atoms in total. The maximum absolute atomic E-state index is 12.6. The molecule has 112 valence electrons. The van der Waals surface area contributed by atoms with Crippen molar-refractivity contribution >= 4 is 5.91 Å². The van der Waals surface area contributed by atoms with Crippen LogP contribution in [0.5, 0.6) is 0 Å². The second-order valence-electron chi connectivity index (χ2n) is 5.13. The summed E-state index contributed by atoms with van der Waals surface area (Å²) in [6.07, 6.45) is 6.09. The molecule has 0 aliphatic rings. The van der Waals surface area contributed by atoms with Gasteiger partial charge >= 0.3 is 0 Å². The third-order valence-corrected chi connectivity index (χ3v) is 3.58. The standard InChI is InChI=1S/C18H18N2O2/c21-18(19-14-16-9-6-12-22-16)17(20-10-4-5-11-20)13-15-7-2-1-3-8-15/h1-12,17H,13-14H2,(H,19,21)/t17-/m1/s1. The molecule has 22 heavy (non-hydrogen) atoms. The number of aromatic nitrogens is 1. The fourth-order valence-corrected chi connectivity index (χ4v) is 2.43. The molecule has 1 N–H and O–H groups in total. The largest absolute Gasteiger partial charge is 0.467 e. The third kappa shape index (κ3) is 3.47. The number of nitrogens with zero attached hydrogens (tertiary/aromatic N) is 1. The van der Waals surface area contributed by atoms with Gasteiger partial charge in [-0.25, -0.2) is 0 Å². The first-order chi connectivity index (χ1) is 10.8. The van der Waals surface area contributed by atoms with Crippen molar-refractivity contribution in [2.24, 2.45) is 0 Å². The number of amides is 1. The van der Waals surface area contributed by atoms with E-state index in [0.717, 1.165) is 11.3 Å². The predicted octanol–water partition coefficient (Wildman–Crippen LogP) is 3.18. The molecule has 0 aliphatic heterocycles. The van der Waals surface area contributed by atoms with Gasteiger partial charge in [0.15, 0.2) is 0 Å². The quantitative estimate of drug-likeness (QED) is 0.759. The zero-order valence-electron chi connectivity index (χ0n) is 12.2. The zero-order chi connectivity index (χ0) is 15.2. The Morgan fingerprint density at radius 1 is 1.05 bits per heavy atom. The monoisotopic (exact) mass is 294 g/mol. The Bertz CT molecular complexity index is 688. The Kier molecular flexibility index (Phi) is 4.39. The van der Waals surface area contributed by atoms with Crippen LogP contribution in [0.25, 0.3) is 0 Å². The SMILES string of the molecule is O=C(NCc1ccco1)[C@@H](Cc1ccccc1)n1cccc1. The number of benzene rings is 1. The van der Waals surface area contributed by atoms with Gasteiger partial charge in [-0.3, -0.25) is 4.79 Å². The van der Waals surface area contributed by atoms with Crippen LogP contribution < -0.4 is 5.32 Å². The summed E-state index contributed by atoms with van der Waals surface area (Å²) >= 11 is 0. The van der Waals surface area contributed by atoms with E-state index in [0.29, 0.717) is 13.0 Å². The van der Waals surface area contributed by atoms with Gasteiger partial charge in [0.25, 0.3) is 0 Å². The number of hydrogen-bond donors (Lipinski definition) is 1. The number of carbonyl (C=O) groups excluding carboxylic acids is 1. The molecular weight excluding hydrogens is 276 g/mol. The predicted molar refractivity (Wildman–Crippen MR) is 84.2 cm³/mol. The Morgan fingerprint density at radius 2 is 1.82 bits per heavy atom. The number of carbonyl (C=O) groups is 1. The first kappa shape index (κ1) is 14.2. The fourth-order valence-electron chi connectivity index (χ4n) is 2.43. The van der Waals surface area contributed by atoms with Crippen LogP contribution in [-0.4, -0.2) is 10.5 Å². The number of rotatable bonds is 6. The molecule has 0 bridgehead atoms. The van der Waals surface area contributed by atoms with Crippen LogP contribution in [0.3, 0.4) is 0 Å². The smallest absolute Gasteiger partial charge is 0.243 e. The van der Waals surface area contributed by atoms with E-state index >= 15 is 0 Å². The Balaban J connectivity index is 1.72. The number of nitrogens with one attached hydrogen (secondary N) is 1. The normalized spacial score (nSPS) is 12.0. The van der Waals surface area contributed by atoms with Crippen molar-refractivity contribution in [1.82, 2.24) is 9.88 Å². The van der Waals surface area contributed by atoms with E-state index in [2.05, 4.69) is 5.32 Å².